The lowest BCUT2D eigenvalue weighted by Gasteiger charge is -2.09. The molecule has 7 heteroatoms. The first-order valence-electron chi connectivity index (χ1n) is 8.62. The summed E-state index contributed by atoms with van der Waals surface area (Å²) in [5.41, 5.74) is 9.00. The Bertz CT molecular complexity index is 1090. The van der Waals surface area contributed by atoms with Gasteiger partial charge in [-0.15, -0.1) is 6.42 Å². The van der Waals surface area contributed by atoms with Crippen LogP contribution in [0, 0.1) is 19.3 Å². The van der Waals surface area contributed by atoms with E-state index in [1.54, 1.807) is 12.3 Å². The van der Waals surface area contributed by atoms with E-state index in [1.165, 1.54) is 12.8 Å². The first-order valence-corrected chi connectivity index (χ1v) is 8.62. The molecule has 4 rings (SSSR count). The summed E-state index contributed by atoms with van der Waals surface area (Å²) < 4.78 is 0. The first kappa shape index (κ1) is 16.8. The molecule has 27 heavy (non-hydrogen) atoms. The largest absolute Gasteiger partial charge is 0.366 e. The average molecular weight is 364 g/mol. The molecule has 1 fully saturated rings. The molecule has 1 aliphatic rings. The van der Waals surface area contributed by atoms with Crippen molar-refractivity contribution in [1.82, 2.24) is 20.2 Å². The Labute approximate surface area is 160 Å². The Morgan fingerprint density at radius 2 is 2.22 bits per heavy atom. The number of hydrogen-bond donors (Lipinski definition) is 3. The summed E-state index contributed by atoms with van der Waals surface area (Å²) in [6.45, 7) is 1.83. The highest BCUT2D eigenvalue weighted by atomic mass is 16.1. The molecule has 0 radical (unpaired) electrons. The SMILES string of the molecule is C#Cc1cnc(-c2ccc(C)c(C(N)=O)c2)nc1Nc1cc(C2CC2)[nH]n1.[HH].[HH].[HH]. The summed E-state index contributed by atoms with van der Waals surface area (Å²) in [5, 5.41) is 10.5. The summed E-state index contributed by atoms with van der Waals surface area (Å²) in [6.07, 6.45) is 9.52. The Balaban J connectivity index is 0.00000150. The second-order valence-corrected chi connectivity index (χ2v) is 6.60. The predicted octanol–water partition coefficient (Wildman–Crippen LogP) is 3.61. The second-order valence-electron chi connectivity index (χ2n) is 6.60. The standard InChI is InChI=1S/C20H18N6O.3H2/c1-3-12-10-22-19(14-5-4-11(2)15(8-14)18(21)27)24-20(12)23-17-9-16(25-26-17)13-6-7-13;;;/h1,4-5,8-10,13H,6-7H2,2H3,(H2,21,27)(H2,22,23,24,25,26);3*1H. The molecule has 0 spiro atoms. The predicted molar refractivity (Wildman–Crippen MR) is 109 cm³/mol. The van der Waals surface area contributed by atoms with Crippen LogP contribution in [0.1, 0.15) is 50.2 Å². The lowest BCUT2D eigenvalue weighted by Crippen LogP contribution is -2.12. The molecule has 1 aromatic carbocycles. The van der Waals surface area contributed by atoms with Crippen molar-refractivity contribution in [2.24, 2.45) is 5.73 Å². The Morgan fingerprint density at radius 3 is 2.93 bits per heavy atom. The molecule has 0 atom stereocenters. The van der Waals surface area contributed by atoms with Gasteiger partial charge in [-0.3, -0.25) is 9.89 Å². The smallest absolute Gasteiger partial charge is 0.248 e. The fourth-order valence-corrected chi connectivity index (χ4v) is 2.87. The monoisotopic (exact) mass is 364 g/mol. The van der Waals surface area contributed by atoms with E-state index in [1.807, 2.05) is 25.1 Å². The van der Waals surface area contributed by atoms with Crippen molar-refractivity contribution in [3.8, 4) is 23.7 Å². The first-order chi connectivity index (χ1) is 13.0. The minimum atomic E-state index is -0.489. The number of nitrogens with one attached hydrogen (secondary N) is 2. The highest BCUT2D eigenvalue weighted by Gasteiger charge is 2.25. The van der Waals surface area contributed by atoms with E-state index in [9.17, 15) is 4.79 Å². The van der Waals surface area contributed by atoms with Crippen LogP contribution in [0.3, 0.4) is 0 Å². The van der Waals surface area contributed by atoms with Gasteiger partial charge in [0.05, 0.1) is 5.56 Å². The molecule has 7 nitrogen and oxygen atoms in total. The molecule has 0 bridgehead atoms. The zero-order valence-corrected chi connectivity index (χ0v) is 14.8. The summed E-state index contributed by atoms with van der Waals surface area (Å²) in [5.74, 6) is 4.24. The van der Waals surface area contributed by atoms with Gasteiger partial charge in [-0.2, -0.15) is 5.10 Å². The number of H-pyrrole nitrogens is 1. The number of carbonyl (C=O) groups excluding carboxylic acids is 1. The van der Waals surface area contributed by atoms with Gasteiger partial charge in [-0.1, -0.05) is 18.1 Å². The number of rotatable bonds is 5. The van der Waals surface area contributed by atoms with Gasteiger partial charge >= 0.3 is 0 Å². The minimum absolute atomic E-state index is 0. The number of benzene rings is 1. The van der Waals surface area contributed by atoms with Crippen molar-refractivity contribution in [2.75, 3.05) is 5.32 Å². The minimum Gasteiger partial charge on any atom is -0.366 e. The maximum atomic E-state index is 11.6. The van der Waals surface area contributed by atoms with Crippen LogP contribution >= 0.6 is 0 Å². The summed E-state index contributed by atoms with van der Waals surface area (Å²) in [7, 11) is 0. The maximum Gasteiger partial charge on any atom is 0.248 e. The van der Waals surface area contributed by atoms with Gasteiger partial charge in [0.1, 0.15) is 0 Å². The van der Waals surface area contributed by atoms with Crippen LogP contribution in [0.5, 0.6) is 0 Å². The van der Waals surface area contributed by atoms with Crippen molar-refractivity contribution in [1.29, 1.82) is 0 Å². The molecule has 1 saturated carbocycles. The summed E-state index contributed by atoms with van der Waals surface area (Å²) >= 11 is 0. The molecule has 0 aliphatic heterocycles. The van der Waals surface area contributed by atoms with E-state index in [0.29, 0.717) is 40.1 Å². The highest BCUT2D eigenvalue weighted by molar-refractivity contribution is 5.95. The van der Waals surface area contributed by atoms with Crippen molar-refractivity contribution >= 4 is 17.5 Å². The molecule has 4 N–H and O–H groups in total. The van der Waals surface area contributed by atoms with Gasteiger partial charge in [-0.25, -0.2) is 9.97 Å². The van der Waals surface area contributed by atoms with Crippen molar-refractivity contribution in [3.05, 3.63) is 52.8 Å². The van der Waals surface area contributed by atoms with Gasteiger partial charge in [0, 0.05) is 39.3 Å². The number of carbonyl (C=O) groups is 1. The van der Waals surface area contributed by atoms with Gasteiger partial charge in [0.25, 0.3) is 0 Å². The van der Waals surface area contributed by atoms with Crippen LogP contribution < -0.4 is 11.1 Å². The van der Waals surface area contributed by atoms with Gasteiger partial charge in [0.2, 0.25) is 5.91 Å². The lowest BCUT2D eigenvalue weighted by molar-refractivity contribution is 0.1000. The van der Waals surface area contributed by atoms with Crippen LogP contribution in [0.25, 0.3) is 11.4 Å². The third kappa shape index (κ3) is 3.37. The van der Waals surface area contributed by atoms with Crippen LogP contribution in [-0.4, -0.2) is 26.1 Å². The molecule has 1 amide bonds. The number of hydrogen-bond acceptors (Lipinski definition) is 5. The Morgan fingerprint density at radius 1 is 1.41 bits per heavy atom. The van der Waals surface area contributed by atoms with Crippen LogP contribution in [0.4, 0.5) is 11.6 Å². The van der Waals surface area contributed by atoms with E-state index < -0.39 is 5.91 Å². The van der Waals surface area contributed by atoms with Crippen molar-refractivity contribution < 1.29 is 9.07 Å². The molecule has 140 valence electrons. The fourth-order valence-electron chi connectivity index (χ4n) is 2.87. The Kier molecular flexibility index (Phi) is 4.09. The summed E-state index contributed by atoms with van der Waals surface area (Å²) in [6, 6.07) is 7.32. The van der Waals surface area contributed by atoms with Crippen LogP contribution in [0.2, 0.25) is 0 Å². The molecule has 1 aliphatic carbocycles. The normalized spacial score (nSPS) is 13.2. The molecule has 0 saturated heterocycles. The van der Waals surface area contributed by atoms with Gasteiger partial charge in [-0.05, 0) is 31.4 Å². The number of aromatic nitrogens is 4. The van der Waals surface area contributed by atoms with Crippen molar-refractivity contribution in [3.63, 3.8) is 0 Å². The maximum absolute atomic E-state index is 11.6. The zero-order chi connectivity index (χ0) is 19.0. The topological polar surface area (TPSA) is 110 Å². The van der Waals surface area contributed by atoms with Crippen LogP contribution in [0.15, 0.2) is 30.5 Å². The number of aryl methyl sites for hydroxylation is 1. The number of aromatic amines is 1. The average Bonchev–Trinajstić information content (AvgIpc) is 3.41. The van der Waals surface area contributed by atoms with E-state index in [4.69, 9.17) is 12.2 Å². The number of terminal acetylenes is 1. The van der Waals surface area contributed by atoms with E-state index in [-0.39, 0.29) is 4.28 Å². The van der Waals surface area contributed by atoms with E-state index in [2.05, 4.69) is 31.4 Å². The second kappa shape index (κ2) is 6.57. The molecule has 3 aromatic rings. The van der Waals surface area contributed by atoms with E-state index in [0.717, 1.165) is 11.3 Å². The highest BCUT2D eigenvalue weighted by Crippen LogP contribution is 2.39. The molecule has 2 aromatic heterocycles. The molecular formula is C20H24N6O. The Hall–Kier alpha value is -3.66. The third-order valence-electron chi connectivity index (χ3n) is 4.57. The number of amides is 1. The van der Waals surface area contributed by atoms with Gasteiger partial charge < -0.3 is 11.1 Å². The molecular weight excluding hydrogens is 340 g/mol. The summed E-state index contributed by atoms with van der Waals surface area (Å²) in [4.78, 5) is 20.5. The van der Waals surface area contributed by atoms with Crippen LogP contribution in [-0.2, 0) is 0 Å². The third-order valence-corrected chi connectivity index (χ3v) is 4.57. The quantitative estimate of drug-likeness (QED) is 0.599. The van der Waals surface area contributed by atoms with Gasteiger partial charge in [0.15, 0.2) is 17.5 Å². The number of nitrogens with zero attached hydrogens (tertiary/aromatic N) is 3. The fraction of sp³-hybridized carbons (Fsp3) is 0.200. The zero-order valence-electron chi connectivity index (χ0n) is 14.8. The number of nitrogens with two attached hydrogens (primary N) is 1. The van der Waals surface area contributed by atoms with E-state index >= 15 is 0 Å². The number of anilines is 2. The van der Waals surface area contributed by atoms with Crippen molar-refractivity contribution in [2.45, 2.75) is 25.7 Å². The molecule has 0 unspecified atom stereocenters. The number of primary amides is 1. The lowest BCUT2D eigenvalue weighted by atomic mass is 10.0. The molecule has 2 heterocycles.